The monoisotopic (exact) mass is 517 g/mol. The molecular weight excluding hydrogens is 490 g/mol. The van der Waals surface area contributed by atoms with E-state index in [1.807, 2.05) is 53.5 Å². The lowest BCUT2D eigenvalue weighted by Crippen LogP contribution is -2.38. The van der Waals surface area contributed by atoms with Crippen LogP contribution in [0.15, 0.2) is 60.8 Å². The molecule has 0 radical (unpaired) electrons. The van der Waals surface area contributed by atoms with E-state index < -0.39 is 0 Å². The number of nitrogens with one attached hydrogen (secondary N) is 1. The van der Waals surface area contributed by atoms with Crippen molar-refractivity contribution in [1.82, 2.24) is 9.47 Å². The Labute approximate surface area is 220 Å². The molecule has 2 aromatic heterocycles. The van der Waals surface area contributed by atoms with Gasteiger partial charge in [-0.2, -0.15) is 0 Å². The van der Waals surface area contributed by atoms with E-state index in [9.17, 15) is 4.79 Å². The molecule has 0 fully saturated rings. The fraction of sp³-hybridized carbons (Fsp3) is 0.276. The van der Waals surface area contributed by atoms with E-state index in [0.717, 1.165) is 35.4 Å². The molecule has 0 saturated carbocycles. The van der Waals surface area contributed by atoms with Crippen LogP contribution in [0.4, 0.5) is 10.5 Å². The van der Waals surface area contributed by atoms with Crippen molar-refractivity contribution in [2.75, 3.05) is 12.4 Å². The lowest BCUT2D eigenvalue weighted by atomic mass is 9.95. The number of anilines is 1. The molecule has 1 aliphatic carbocycles. The van der Waals surface area contributed by atoms with Gasteiger partial charge >= 0.3 is 6.03 Å². The largest absolute Gasteiger partial charge is 0.497 e. The molecule has 6 rings (SSSR count). The second-order valence-electron chi connectivity index (χ2n) is 9.51. The van der Waals surface area contributed by atoms with Gasteiger partial charge < -0.3 is 19.5 Å². The minimum atomic E-state index is -0.269. The number of carbonyl (C=O) groups is 1. The van der Waals surface area contributed by atoms with Crippen LogP contribution in [0.2, 0.25) is 5.02 Å². The first kappa shape index (κ1) is 23.2. The first-order valence-corrected chi connectivity index (χ1v) is 13.5. The number of methoxy groups -OCH3 is 1. The van der Waals surface area contributed by atoms with Gasteiger partial charge in [0.2, 0.25) is 0 Å². The molecular formula is C29H28ClN3O2S. The van der Waals surface area contributed by atoms with E-state index in [4.69, 9.17) is 16.3 Å². The molecule has 36 heavy (non-hydrogen) atoms. The first-order valence-electron chi connectivity index (χ1n) is 12.3. The van der Waals surface area contributed by atoms with Crippen LogP contribution in [-0.4, -0.2) is 22.6 Å². The van der Waals surface area contributed by atoms with Gasteiger partial charge in [0.25, 0.3) is 0 Å². The van der Waals surface area contributed by atoms with Gasteiger partial charge in [0.1, 0.15) is 10.8 Å². The highest BCUT2D eigenvalue weighted by Crippen LogP contribution is 2.44. The zero-order chi connectivity index (χ0) is 24.8. The summed E-state index contributed by atoms with van der Waals surface area (Å²) in [6.45, 7) is 2.52. The lowest BCUT2D eigenvalue weighted by molar-refractivity contribution is 0.194. The van der Waals surface area contributed by atoms with Crippen LogP contribution in [-0.2, 0) is 19.4 Å². The summed E-state index contributed by atoms with van der Waals surface area (Å²) < 4.78 is 7.69. The zero-order valence-electron chi connectivity index (χ0n) is 20.4. The Morgan fingerprint density at radius 1 is 1.08 bits per heavy atom. The molecule has 1 N–H and O–H groups in total. The highest BCUT2D eigenvalue weighted by Gasteiger charge is 2.36. The number of carbonyl (C=O) groups excluding carboxylic acids is 1. The standard InChI is InChI=1S/C29H28ClN3O2S/c1-18-9-14-24(23(30)16-18)31-29(34)33-17-22-21-6-3-4-8-26(21)36-28(22)32-15-5-7-25(32)27(33)19-10-12-20(35-2)13-11-19/h5,7,9-16,27H,3-4,6,8,17H2,1-2H3,(H,31,34)/t27-/m1/s1. The highest BCUT2D eigenvalue weighted by atomic mass is 35.5. The van der Waals surface area contributed by atoms with Gasteiger partial charge in [-0.3, -0.25) is 0 Å². The zero-order valence-corrected chi connectivity index (χ0v) is 22.0. The number of ether oxygens (including phenoxy) is 1. The van der Waals surface area contributed by atoms with Gasteiger partial charge in [0.15, 0.2) is 0 Å². The van der Waals surface area contributed by atoms with Crippen molar-refractivity contribution in [3.05, 3.63) is 98.6 Å². The van der Waals surface area contributed by atoms with Crippen LogP contribution in [0.3, 0.4) is 0 Å². The van der Waals surface area contributed by atoms with Crippen LogP contribution in [0.1, 0.15) is 51.7 Å². The van der Waals surface area contributed by atoms with Crippen molar-refractivity contribution < 1.29 is 9.53 Å². The average Bonchev–Trinajstić information content (AvgIpc) is 3.48. The van der Waals surface area contributed by atoms with E-state index >= 15 is 0 Å². The summed E-state index contributed by atoms with van der Waals surface area (Å²) in [4.78, 5) is 17.4. The van der Waals surface area contributed by atoms with Crippen molar-refractivity contribution >= 4 is 34.7 Å². The second kappa shape index (κ2) is 9.34. The molecule has 4 aromatic rings. The fourth-order valence-electron chi connectivity index (χ4n) is 5.43. The van der Waals surface area contributed by atoms with Crippen molar-refractivity contribution in [3.63, 3.8) is 0 Å². The third kappa shape index (κ3) is 3.98. The van der Waals surface area contributed by atoms with Gasteiger partial charge in [0.05, 0.1) is 36.1 Å². The summed E-state index contributed by atoms with van der Waals surface area (Å²) in [5, 5.41) is 4.89. The second-order valence-corrected chi connectivity index (χ2v) is 11.0. The molecule has 2 amide bonds. The van der Waals surface area contributed by atoms with Crippen LogP contribution in [0.25, 0.3) is 5.00 Å². The molecule has 0 saturated heterocycles. The van der Waals surface area contributed by atoms with Gasteiger partial charge in [-0.15, -0.1) is 11.3 Å². The molecule has 3 heterocycles. The van der Waals surface area contributed by atoms with Crippen LogP contribution in [0, 0.1) is 6.92 Å². The minimum Gasteiger partial charge on any atom is -0.497 e. The Morgan fingerprint density at radius 2 is 1.89 bits per heavy atom. The number of aromatic nitrogens is 1. The van der Waals surface area contributed by atoms with Gasteiger partial charge in [0, 0.05) is 16.6 Å². The number of nitrogens with zero attached hydrogens (tertiary/aromatic N) is 2. The molecule has 1 aliphatic heterocycles. The van der Waals surface area contributed by atoms with E-state index in [-0.39, 0.29) is 12.1 Å². The Balaban J connectivity index is 1.48. The maximum atomic E-state index is 14.0. The number of fused-ring (bicyclic) bond motifs is 5. The van der Waals surface area contributed by atoms with Crippen molar-refractivity contribution in [1.29, 1.82) is 0 Å². The van der Waals surface area contributed by atoms with Gasteiger partial charge in [-0.1, -0.05) is 29.8 Å². The summed E-state index contributed by atoms with van der Waals surface area (Å²) in [6.07, 6.45) is 6.75. The van der Waals surface area contributed by atoms with Crippen LogP contribution >= 0.6 is 22.9 Å². The quantitative estimate of drug-likeness (QED) is 0.305. The highest BCUT2D eigenvalue weighted by molar-refractivity contribution is 7.15. The molecule has 0 unspecified atom stereocenters. The molecule has 184 valence electrons. The Bertz CT molecular complexity index is 1440. The van der Waals surface area contributed by atoms with Gasteiger partial charge in [-0.25, -0.2) is 4.79 Å². The summed E-state index contributed by atoms with van der Waals surface area (Å²) in [5.41, 5.74) is 6.48. The number of thiophene rings is 1. The summed E-state index contributed by atoms with van der Waals surface area (Å²) in [7, 11) is 1.66. The summed E-state index contributed by atoms with van der Waals surface area (Å²) in [5.74, 6) is 0.790. The number of hydrogen-bond acceptors (Lipinski definition) is 3. The Hall–Kier alpha value is -3.22. The Morgan fingerprint density at radius 3 is 2.67 bits per heavy atom. The number of urea groups is 1. The molecule has 5 nitrogen and oxygen atoms in total. The summed E-state index contributed by atoms with van der Waals surface area (Å²) in [6, 6.07) is 17.5. The number of halogens is 1. The van der Waals surface area contributed by atoms with Crippen LogP contribution < -0.4 is 10.1 Å². The number of aryl methyl sites for hydroxylation is 2. The van der Waals surface area contributed by atoms with Crippen molar-refractivity contribution in [2.45, 2.75) is 45.2 Å². The SMILES string of the molecule is COc1ccc([C@@H]2c3cccn3-c3sc4c(c3CN2C(=O)Nc2ccc(C)cc2Cl)CCCC4)cc1. The van der Waals surface area contributed by atoms with Crippen molar-refractivity contribution in [3.8, 4) is 10.8 Å². The first-order chi connectivity index (χ1) is 17.5. The number of amides is 2. The van der Waals surface area contributed by atoms with E-state index in [2.05, 4.69) is 40.3 Å². The fourth-order valence-corrected chi connectivity index (χ4v) is 7.12. The molecule has 0 bridgehead atoms. The molecule has 7 heteroatoms. The van der Waals surface area contributed by atoms with Crippen LogP contribution in [0.5, 0.6) is 5.75 Å². The van der Waals surface area contributed by atoms with E-state index in [1.165, 1.54) is 33.8 Å². The maximum Gasteiger partial charge on any atom is 0.323 e. The minimum absolute atomic E-state index is 0.169. The smallest absolute Gasteiger partial charge is 0.323 e. The predicted octanol–water partition coefficient (Wildman–Crippen LogP) is 7.53. The third-order valence-corrected chi connectivity index (χ3v) is 8.88. The lowest BCUT2D eigenvalue weighted by Gasteiger charge is -2.31. The Kier molecular flexibility index (Phi) is 6.02. The molecule has 2 aliphatic rings. The molecule has 0 spiro atoms. The normalized spacial score (nSPS) is 16.5. The summed E-state index contributed by atoms with van der Waals surface area (Å²) >= 11 is 8.39. The maximum absolute atomic E-state index is 14.0. The number of rotatable bonds is 3. The number of benzene rings is 2. The average molecular weight is 518 g/mol. The molecule has 1 atom stereocenters. The topological polar surface area (TPSA) is 46.5 Å². The van der Waals surface area contributed by atoms with E-state index in [0.29, 0.717) is 17.3 Å². The third-order valence-electron chi connectivity index (χ3n) is 7.24. The van der Waals surface area contributed by atoms with Gasteiger partial charge in [-0.05, 0) is 85.7 Å². The van der Waals surface area contributed by atoms with E-state index in [1.54, 1.807) is 7.11 Å². The van der Waals surface area contributed by atoms with Crippen molar-refractivity contribution in [2.24, 2.45) is 0 Å². The number of hydrogen-bond donors (Lipinski definition) is 1. The molecule has 2 aromatic carbocycles. The predicted molar refractivity (Wildman–Crippen MR) is 146 cm³/mol.